The van der Waals surface area contributed by atoms with Gasteiger partial charge in [-0.3, -0.25) is 4.79 Å². The molecule has 1 aromatic heterocycles. The second-order valence-electron chi connectivity index (χ2n) is 6.00. The molecular formula is C15H21NO4S2. The molecule has 0 aliphatic carbocycles. The zero-order valence-electron chi connectivity index (χ0n) is 12.7. The summed E-state index contributed by atoms with van der Waals surface area (Å²) in [6, 6.07) is 3.86. The van der Waals surface area contributed by atoms with E-state index in [1.807, 2.05) is 12.1 Å². The van der Waals surface area contributed by atoms with Gasteiger partial charge in [-0.25, -0.2) is 8.42 Å². The van der Waals surface area contributed by atoms with Crippen LogP contribution in [0.3, 0.4) is 0 Å². The molecule has 0 unspecified atom stereocenters. The highest BCUT2D eigenvalue weighted by Gasteiger charge is 2.30. The van der Waals surface area contributed by atoms with E-state index in [2.05, 4.69) is 0 Å². The fourth-order valence-electron chi connectivity index (χ4n) is 3.05. The quantitative estimate of drug-likeness (QED) is 0.844. The lowest BCUT2D eigenvalue weighted by Gasteiger charge is -2.30. The molecule has 7 heteroatoms. The predicted octanol–water partition coefficient (Wildman–Crippen LogP) is 2.25. The van der Waals surface area contributed by atoms with Crippen molar-refractivity contribution in [2.24, 2.45) is 0 Å². The Balaban J connectivity index is 1.65. The van der Waals surface area contributed by atoms with Gasteiger partial charge in [-0.15, -0.1) is 11.3 Å². The molecule has 22 heavy (non-hydrogen) atoms. The van der Waals surface area contributed by atoms with E-state index in [9.17, 15) is 13.2 Å². The van der Waals surface area contributed by atoms with Crippen LogP contribution in [0.1, 0.15) is 46.3 Å². The molecule has 0 radical (unpaired) electrons. The number of amides is 1. The predicted molar refractivity (Wildman–Crippen MR) is 86.0 cm³/mol. The van der Waals surface area contributed by atoms with E-state index < -0.39 is 9.84 Å². The monoisotopic (exact) mass is 343 g/mol. The number of sulfone groups is 1. The molecule has 0 N–H and O–H groups in total. The third-order valence-electron chi connectivity index (χ3n) is 4.48. The van der Waals surface area contributed by atoms with Gasteiger partial charge in [-0.1, -0.05) is 0 Å². The Morgan fingerprint density at radius 3 is 2.64 bits per heavy atom. The minimum atomic E-state index is -2.90. The topological polar surface area (TPSA) is 63.7 Å². The Morgan fingerprint density at radius 2 is 2.00 bits per heavy atom. The van der Waals surface area contributed by atoms with E-state index in [4.69, 9.17) is 4.74 Å². The lowest BCUT2D eigenvalue weighted by atomic mass is 10.1. The standard InChI is InChI=1S/C15H21NO4S2/c1-16(11-6-9-22(18,19)10-7-11)15(17)14-5-4-13(21-14)12-3-2-8-20-12/h4-5,11-12H,2-3,6-10H2,1H3/t12-/m0/s1. The van der Waals surface area contributed by atoms with E-state index >= 15 is 0 Å². The Labute approximate surface area is 135 Å². The smallest absolute Gasteiger partial charge is 0.263 e. The van der Waals surface area contributed by atoms with Gasteiger partial charge in [0.15, 0.2) is 0 Å². The molecule has 0 saturated carbocycles. The molecule has 2 fully saturated rings. The summed E-state index contributed by atoms with van der Waals surface area (Å²) < 4.78 is 28.6. The molecule has 1 aromatic rings. The molecule has 2 aliphatic rings. The highest BCUT2D eigenvalue weighted by Crippen LogP contribution is 2.34. The van der Waals surface area contributed by atoms with Crippen LogP contribution in [0.4, 0.5) is 0 Å². The molecule has 2 aliphatic heterocycles. The lowest BCUT2D eigenvalue weighted by molar-refractivity contribution is 0.0726. The van der Waals surface area contributed by atoms with Crippen LogP contribution in [0.5, 0.6) is 0 Å². The van der Waals surface area contributed by atoms with Crippen molar-refractivity contribution in [3.63, 3.8) is 0 Å². The minimum absolute atomic E-state index is 0.0152. The van der Waals surface area contributed by atoms with E-state index in [1.54, 1.807) is 11.9 Å². The molecule has 0 spiro atoms. The Hall–Kier alpha value is -0.920. The first-order valence-electron chi connectivity index (χ1n) is 7.65. The first-order valence-corrected chi connectivity index (χ1v) is 10.3. The third-order valence-corrected chi connectivity index (χ3v) is 7.36. The van der Waals surface area contributed by atoms with Gasteiger partial charge in [-0.2, -0.15) is 0 Å². The van der Waals surface area contributed by atoms with Crippen molar-refractivity contribution >= 4 is 27.1 Å². The van der Waals surface area contributed by atoms with Gasteiger partial charge in [0.2, 0.25) is 0 Å². The summed E-state index contributed by atoms with van der Waals surface area (Å²) in [5.41, 5.74) is 0. The molecule has 5 nitrogen and oxygen atoms in total. The van der Waals surface area contributed by atoms with E-state index in [0.29, 0.717) is 17.7 Å². The van der Waals surface area contributed by atoms with Gasteiger partial charge in [0, 0.05) is 24.6 Å². The van der Waals surface area contributed by atoms with Crippen LogP contribution in [0.25, 0.3) is 0 Å². The maximum atomic E-state index is 12.6. The average molecular weight is 343 g/mol. The first kappa shape index (κ1) is 16.0. The first-order chi connectivity index (χ1) is 10.5. The molecule has 1 amide bonds. The summed E-state index contributed by atoms with van der Waals surface area (Å²) >= 11 is 1.50. The molecule has 0 bridgehead atoms. The van der Waals surface area contributed by atoms with Gasteiger partial charge in [0.1, 0.15) is 9.84 Å². The summed E-state index contributed by atoms with van der Waals surface area (Å²) in [4.78, 5) is 16.1. The Kier molecular flexibility index (Phi) is 4.56. The highest BCUT2D eigenvalue weighted by atomic mass is 32.2. The van der Waals surface area contributed by atoms with Crippen molar-refractivity contribution < 1.29 is 17.9 Å². The van der Waals surface area contributed by atoms with Crippen LogP contribution in [-0.2, 0) is 14.6 Å². The molecule has 3 heterocycles. The van der Waals surface area contributed by atoms with Crippen LogP contribution in [0, 0.1) is 0 Å². The number of rotatable bonds is 3. The third kappa shape index (κ3) is 3.36. The zero-order valence-corrected chi connectivity index (χ0v) is 14.3. The van der Waals surface area contributed by atoms with Crippen LogP contribution >= 0.6 is 11.3 Å². The van der Waals surface area contributed by atoms with Gasteiger partial charge in [0.25, 0.3) is 5.91 Å². The van der Waals surface area contributed by atoms with Gasteiger partial charge in [-0.05, 0) is 37.8 Å². The summed E-state index contributed by atoms with van der Waals surface area (Å²) in [5.74, 6) is 0.348. The van der Waals surface area contributed by atoms with Gasteiger partial charge in [0.05, 0.1) is 22.5 Å². The van der Waals surface area contributed by atoms with Crippen molar-refractivity contribution in [3.8, 4) is 0 Å². The molecule has 0 aromatic carbocycles. The summed E-state index contributed by atoms with van der Waals surface area (Å²) in [5, 5.41) is 0. The second-order valence-corrected chi connectivity index (χ2v) is 9.42. The SMILES string of the molecule is CN(C(=O)c1ccc([C@@H]2CCCO2)s1)C1CCS(=O)(=O)CC1. The zero-order chi connectivity index (χ0) is 15.7. The average Bonchev–Trinajstić information content (AvgIpc) is 3.16. The second kappa shape index (κ2) is 6.29. The summed E-state index contributed by atoms with van der Waals surface area (Å²) in [7, 11) is -1.12. The number of carbonyl (C=O) groups is 1. The van der Waals surface area contributed by atoms with Crippen molar-refractivity contribution in [1.29, 1.82) is 0 Å². The molecule has 2 saturated heterocycles. The van der Waals surface area contributed by atoms with Crippen molar-refractivity contribution in [3.05, 3.63) is 21.9 Å². The molecule has 122 valence electrons. The van der Waals surface area contributed by atoms with Crippen LogP contribution in [0.15, 0.2) is 12.1 Å². The van der Waals surface area contributed by atoms with E-state index in [-0.39, 0.29) is 29.6 Å². The molecule has 3 rings (SSSR count). The molecule has 1 atom stereocenters. The van der Waals surface area contributed by atoms with Crippen molar-refractivity contribution in [2.75, 3.05) is 25.2 Å². The summed E-state index contributed by atoms with van der Waals surface area (Å²) in [6.45, 7) is 0.794. The minimum Gasteiger partial charge on any atom is -0.373 e. The Bertz CT molecular complexity index is 632. The number of ether oxygens (including phenoxy) is 1. The van der Waals surface area contributed by atoms with Crippen LogP contribution < -0.4 is 0 Å². The fourth-order valence-corrected chi connectivity index (χ4v) is 5.59. The molecular weight excluding hydrogens is 322 g/mol. The lowest BCUT2D eigenvalue weighted by Crippen LogP contribution is -2.42. The summed E-state index contributed by atoms with van der Waals surface area (Å²) in [6.07, 6.45) is 3.30. The van der Waals surface area contributed by atoms with Crippen molar-refractivity contribution in [2.45, 2.75) is 37.8 Å². The number of thiophene rings is 1. The van der Waals surface area contributed by atoms with Crippen LogP contribution in [-0.4, -0.2) is 50.4 Å². The number of carbonyl (C=O) groups excluding carboxylic acids is 1. The largest absolute Gasteiger partial charge is 0.373 e. The Morgan fingerprint density at radius 1 is 1.27 bits per heavy atom. The highest BCUT2D eigenvalue weighted by molar-refractivity contribution is 7.91. The van der Waals surface area contributed by atoms with Gasteiger partial charge < -0.3 is 9.64 Å². The van der Waals surface area contributed by atoms with E-state index in [0.717, 1.165) is 24.3 Å². The normalized spacial score (nSPS) is 25.2. The van der Waals surface area contributed by atoms with Gasteiger partial charge >= 0.3 is 0 Å². The van der Waals surface area contributed by atoms with Crippen LogP contribution in [0.2, 0.25) is 0 Å². The maximum Gasteiger partial charge on any atom is 0.263 e. The van der Waals surface area contributed by atoms with E-state index in [1.165, 1.54) is 11.3 Å². The fraction of sp³-hybridized carbons (Fsp3) is 0.667. The number of nitrogens with zero attached hydrogens (tertiary/aromatic N) is 1. The number of hydrogen-bond donors (Lipinski definition) is 0. The number of hydrogen-bond acceptors (Lipinski definition) is 5. The maximum absolute atomic E-state index is 12.6. The van der Waals surface area contributed by atoms with Crippen molar-refractivity contribution in [1.82, 2.24) is 4.90 Å².